The third-order valence-electron chi connectivity index (χ3n) is 2.76. The van der Waals surface area contributed by atoms with E-state index in [1.165, 1.54) is 6.08 Å². The fourth-order valence-corrected chi connectivity index (χ4v) is 1.44. The van der Waals surface area contributed by atoms with E-state index < -0.39 is 11.4 Å². The number of rotatable bonds is 4. The maximum Gasteiger partial charge on any atom is 0.313 e. The fraction of sp³-hybridized carbons (Fsp3) is 0.308. The molecule has 0 aromatic heterocycles. The summed E-state index contributed by atoms with van der Waals surface area (Å²) >= 11 is 0. The monoisotopic (exact) mass is 204 g/mol. The lowest BCUT2D eigenvalue weighted by Gasteiger charge is -2.21. The number of benzene rings is 1. The topological polar surface area (TPSA) is 37.3 Å². The number of aryl methyl sites for hydroxylation is 1. The van der Waals surface area contributed by atoms with Gasteiger partial charge in [-0.25, -0.2) is 0 Å². The average molecular weight is 204 g/mol. The predicted octanol–water partition coefficient (Wildman–Crippen LogP) is 2.81. The van der Waals surface area contributed by atoms with Gasteiger partial charge < -0.3 is 5.11 Å². The lowest BCUT2D eigenvalue weighted by atomic mass is 9.83. The summed E-state index contributed by atoms with van der Waals surface area (Å²) in [5, 5.41) is 9.11. The van der Waals surface area contributed by atoms with Gasteiger partial charge >= 0.3 is 5.97 Å². The number of carboxylic acids is 1. The summed E-state index contributed by atoms with van der Waals surface area (Å²) in [6, 6.07) is 7.82. The van der Waals surface area contributed by atoms with Crippen molar-refractivity contribution in [1.82, 2.24) is 0 Å². The minimum Gasteiger partial charge on any atom is -0.481 e. The maximum absolute atomic E-state index is 11.1. The summed E-state index contributed by atoms with van der Waals surface area (Å²) in [5.41, 5.74) is 1.29. The predicted molar refractivity (Wildman–Crippen MR) is 60.8 cm³/mol. The van der Waals surface area contributed by atoms with E-state index in [9.17, 15) is 4.79 Å². The average Bonchev–Trinajstić information content (AvgIpc) is 2.21. The van der Waals surface area contributed by atoms with Gasteiger partial charge in [-0.15, -0.1) is 6.58 Å². The van der Waals surface area contributed by atoms with Crippen molar-refractivity contribution in [2.45, 2.75) is 20.3 Å². The number of carboxylic acid groups (broad SMARTS) is 1. The number of hydrogen-bond acceptors (Lipinski definition) is 1. The van der Waals surface area contributed by atoms with Crippen molar-refractivity contribution >= 4 is 5.97 Å². The molecule has 2 nitrogen and oxygen atoms in total. The van der Waals surface area contributed by atoms with E-state index in [4.69, 9.17) is 5.11 Å². The fourth-order valence-electron chi connectivity index (χ4n) is 1.44. The van der Waals surface area contributed by atoms with Crippen molar-refractivity contribution in [2.24, 2.45) is 5.41 Å². The highest BCUT2D eigenvalue weighted by Gasteiger charge is 2.29. The molecule has 1 N–H and O–H groups in total. The summed E-state index contributed by atoms with van der Waals surface area (Å²) < 4.78 is 0. The Morgan fingerprint density at radius 1 is 1.53 bits per heavy atom. The molecule has 80 valence electrons. The highest BCUT2D eigenvalue weighted by atomic mass is 16.4. The van der Waals surface area contributed by atoms with Gasteiger partial charge in [0.05, 0.1) is 5.41 Å². The molecule has 0 heterocycles. The number of carbonyl (C=O) groups is 1. The summed E-state index contributed by atoms with van der Waals surface area (Å²) in [4.78, 5) is 11.1. The van der Waals surface area contributed by atoms with Crippen LogP contribution >= 0.6 is 0 Å². The summed E-state index contributed by atoms with van der Waals surface area (Å²) in [7, 11) is 0. The molecule has 0 saturated heterocycles. The zero-order chi connectivity index (χ0) is 11.5. The first-order valence-corrected chi connectivity index (χ1v) is 4.91. The van der Waals surface area contributed by atoms with Crippen LogP contribution in [-0.2, 0) is 11.2 Å². The van der Waals surface area contributed by atoms with Crippen LogP contribution in [0.1, 0.15) is 18.1 Å². The normalized spacial score (nSPS) is 14.3. The lowest BCUT2D eigenvalue weighted by Crippen LogP contribution is -2.27. The van der Waals surface area contributed by atoms with Crippen LogP contribution in [-0.4, -0.2) is 11.1 Å². The third kappa shape index (κ3) is 2.46. The second-order valence-electron chi connectivity index (χ2n) is 4.03. The molecule has 0 aliphatic heterocycles. The third-order valence-corrected chi connectivity index (χ3v) is 2.76. The van der Waals surface area contributed by atoms with Crippen LogP contribution in [0.2, 0.25) is 0 Å². The second-order valence-corrected chi connectivity index (χ2v) is 4.03. The van der Waals surface area contributed by atoms with Crippen molar-refractivity contribution in [3.05, 3.63) is 48.0 Å². The highest BCUT2D eigenvalue weighted by molar-refractivity contribution is 5.76. The molecule has 0 radical (unpaired) electrons. The smallest absolute Gasteiger partial charge is 0.313 e. The van der Waals surface area contributed by atoms with Crippen LogP contribution < -0.4 is 0 Å². The van der Waals surface area contributed by atoms with Crippen molar-refractivity contribution in [3.63, 3.8) is 0 Å². The van der Waals surface area contributed by atoms with E-state index in [1.807, 2.05) is 31.2 Å². The van der Waals surface area contributed by atoms with E-state index in [0.717, 1.165) is 11.1 Å². The van der Waals surface area contributed by atoms with E-state index in [2.05, 4.69) is 6.58 Å². The quantitative estimate of drug-likeness (QED) is 0.766. The minimum absolute atomic E-state index is 0.485. The molecule has 0 aliphatic carbocycles. The molecule has 1 rings (SSSR count). The standard InChI is InChI=1S/C13H16O2/c1-4-13(3,12(14)15)9-11-8-6-5-7-10(11)2/h4-8H,1,9H2,2-3H3,(H,14,15). The van der Waals surface area contributed by atoms with Gasteiger partial charge in [0.2, 0.25) is 0 Å². The molecule has 0 amide bonds. The van der Waals surface area contributed by atoms with Crippen molar-refractivity contribution < 1.29 is 9.90 Å². The molecule has 15 heavy (non-hydrogen) atoms. The Balaban J connectivity index is 2.99. The largest absolute Gasteiger partial charge is 0.481 e. The van der Waals surface area contributed by atoms with Gasteiger partial charge in [0.15, 0.2) is 0 Å². The van der Waals surface area contributed by atoms with E-state index in [1.54, 1.807) is 6.92 Å². The van der Waals surface area contributed by atoms with Crippen molar-refractivity contribution in [1.29, 1.82) is 0 Å². The van der Waals surface area contributed by atoms with Crippen LogP contribution in [0.5, 0.6) is 0 Å². The molecule has 0 fully saturated rings. The molecule has 1 unspecified atom stereocenters. The first-order chi connectivity index (χ1) is 6.99. The van der Waals surface area contributed by atoms with Gasteiger partial charge in [-0.05, 0) is 31.4 Å². The van der Waals surface area contributed by atoms with Crippen molar-refractivity contribution in [3.8, 4) is 0 Å². The van der Waals surface area contributed by atoms with Gasteiger partial charge in [-0.1, -0.05) is 30.3 Å². The van der Waals surface area contributed by atoms with Crippen LogP contribution in [0.3, 0.4) is 0 Å². The number of aliphatic carboxylic acids is 1. The molecule has 2 heteroatoms. The maximum atomic E-state index is 11.1. The molecule has 0 aliphatic rings. The Morgan fingerprint density at radius 2 is 2.13 bits per heavy atom. The second kappa shape index (κ2) is 4.30. The van der Waals surface area contributed by atoms with Gasteiger partial charge in [0.1, 0.15) is 0 Å². The summed E-state index contributed by atoms with van der Waals surface area (Å²) in [5.74, 6) is -0.833. The zero-order valence-electron chi connectivity index (χ0n) is 9.16. The number of hydrogen-bond donors (Lipinski definition) is 1. The Morgan fingerprint density at radius 3 is 2.60 bits per heavy atom. The molecule has 1 aromatic carbocycles. The molecular formula is C13H16O2. The van der Waals surface area contributed by atoms with E-state index >= 15 is 0 Å². The molecule has 0 bridgehead atoms. The summed E-state index contributed by atoms with van der Waals surface area (Å²) in [6.45, 7) is 7.28. The Kier molecular flexibility index (Phi) is 3.30. The molecule has 1 aromatic rings. The Labute approximate surface area is 90.3 Å². The van der Waals surface area contributed by atoms with Gasteiger partial charge in [-0.3, -0.25) is 4.79 Å². The Hall–Kier alpha value is -1.57. The highest BCUT2D eigenvalue weighted by Crippen LogP contribution is 2.25. The van der Waals surface area contributed by atoms with Crippen LogP contribution in [0.25, 0.3) is 0 Å². The molecular weight excluding hydrogens is 188 g/mol. The van der Waals surface area contributed by atoms with E-state index in [-0.39, 0.29) is 0 Å². The minimum atomic E-state index is -0.883. The van der Waals surface area contributed by atoms with Gasteiger partial charge in [0, 0.05) is 0 Å². The van der Waals surface area contributed by atoms with Crippen LogP contribution in [0.15, 0.2) is 36.9 Å². The first-order valence-electron chi connectivity index (χ1n) is 4.91. The van der Waals surface area contributed by atoms with Crippen molar-refractivity contribution in [2.75, 3.05) is 0 Å². The molecule has 1 atom stereocenters. The molecule has 0 saturated carbocycles. The zero-order valence-corrected chi connectivity index (χ0v) is 9.16. The SMILES string of the molecule is C=CC(C)(Cc1ccccc1C)C(=O)O. The summed E-state index contributed by atoms with van der Waals surface area (Å²) in [6.07, 6.45) is 1.99. The lowest BCUT2D eigenvalue weighted by molar-refractivity contribution is -0.145. The van der Waals surface area contributed by atoms with Crippen LogP contribution in [0.4, 0.5) is 0 Å². The first kappa shape index (κ1) is 11.5. The Bertz CT molecular complexity index is 382. The van der Waals surface area contributed by atoms with E-state index in [0.29, 0.717) is 6.42 Å². The van der Waals surface area contributed by atoms with Gasteiger partial charge in [0.25, 0.3) is 0 Å². The van der Waals surface area contributed by atoms with Crippen LogP contribution in [0, 0.1) is 12.3 Å². The van der Waals surface area contributed by atoms with Gasteiger partial charge in [-0.2, -0.15) is 0 Å². The molecule has 0 spiro atoms.